The monoisotopic (exact) mass is 330 g/mol. The lowest BCUT2D eigenvalue weighted by atomic mass is 9.90. The van der Waals surface area contributed by atoms with Crippen LogP contribution in [0.3, 0.4) is 0 Å². The normalized spacial score (nSPS) is 23.8. The summed E-state index contributed by atoms with van der Waals surface area (Å²) < 4.78 is 0. The van der Waals surface area contributed by atoms with Crippen LogP contribution in [0.5, 0.6) is 0 Å². The lowest BCUT2D eigenvalue weighted by molar-refractivity contribution is -0.128. The number of fused-ring (bicyclic) bond motifs is 2. The quantitative estimate of drug-likeness (QED) is 0.884. The number of Topliss-reactive ketones (excluding diaryl/α,β-unsaturated/α-hetero) is 1. The van der Waals surface area contributed by atoms with Crippen molar-refractivity contribution in [2.45, 2.75) is 39.3 Å². The number of carbonyl (C=O) groups is 3. The molecule has 128 valence electrons. The number of hydrogen-bond donors (Lipinski definition) is 1. The molecule has 0 saturated carbocycles. The highest BCUT2D eigenvalue weighted by Crippen LogP contribution is 2.33. The molecule has 6 nitrogen and oxygen atoms in total. The zero-order valence-corrected chi connectivity index (χ0v) is 14.2. The first-order valence-electron chi connectivity index (χ1n) is 8.13. The Balaban J connectivity index is 2.06. The molecular weight excluding hydrogens is 308 g/mol. The number of aliphatic hydroxyl groups is 1. The molecule has 0 bridgehead atoms. The van der Waals surface area contributed by atoms with Gasteiger partial charge in [-0.3, -0.25) is 14.4 Å². The highest BCUT2D eigenvalue weighted by atomic mass is 16.3. The van der Waals surface area contributed by atoms with E-state index in [4.69, 9.17) is 0 Å². The number of aliphatic hydroxyl groups excluding tert-OH is 1. The third-order valence-corrected chi connectivity index (χ3v) is 4.65. The second-order valence-corrected chi connectivity index (χ2v) is 7.48. The number of amides is 2. The number of hydrogen-bond acceptors (Lipinski definition) is 4. The minimum atomic E-state index is -0.715. The summed E-state index contributed by atoms with van der Waals surface area (Å²) in [6, 6.07) is 6.12. The second-order valence-electron chi connectivity index (χ2n) is 7.48. The third kappa shape index (κ3) is 2.71. The molecule has 2 heterocycles. The number of nitrogens with zero attached hydrogens (tertiary/aromatic N) is 2. The van der Waals surface area contributed by atoms with Crippen LogP contribution in [0, 0.1) is 5.41 Å². The van der Waals surface area contributed by atoms with Gasteiger partial charge in [-0.15, -0.1) is 0 Å². The van der Waals surface area contributed by atoms with Crippen LogP contribution in [0.2, 0.25) is 0 Å². The van der Waals surface area contributed by atoms with Gasteiger partial charge in [0.1, 0.15) is 6.04 Å². The standard InChI is InChI=1S/C18H22N2O4/c1-18(2,3)15(22)10-20-13-7-5-4-6-12(13)16(23)19-9-11(21)8-14(19)17(20)24/h4-7,11,14,21H,8-10H2,1-3H3/t11-,14-/m0/s1. The fourth-order valence-electron chi connectivity index (χ4n) is 3.16. The van der Waals surface area contributed by atoms with Gasteiger partial charge in [-0.2, -0.15) is 0 Å². The molecule has 0 radical (unpaired) electrons. The SMILES string of the molecule is CC(C)(C)C(=O)CN1C(=O)[C@@H]2C[C@H](O)CN2C(=O)c2ccccc21. The van der Waals surface area contributed by atoms with Crippen molar-refractivity contribution < 1.29 is 19.5 Å². The molecule has 2 amide bonds. The molecule has 0 aliphatic carbocycles. The van der Waals surface area contributed by atoms with E-state index in [1.165, 1.54) is 9.80 Å². The molecule has 6 heteroatoms. The zero-order valence-electron chi connectivity index (χ0n) is 14.2. The van der Waals surface area contributed by atoms with Gasteiger partial charge in [0.05, 0.1) is 23.9 Å². The molecule has 3 rings (SSSR count). The van der Waals surface area contributed by atoms with E-state index >= 15 is 0 Å². The lowest BCUT2D eigenvalue weighted by Crippen LogP contribution is -2.47. The Hall–Kier alpha value is -2.21. The zero-order chi connectivity index (χ0) is 17.6. The summed E-state index contributed by atoms with van der Waals surface area (Å²) >= 11 is 0. The van der Waals surface area contributed by atoms with Gasteiger partial charge in [0.25, 0.3) is 5.91 Å². The van der Waals surface area contributed by atoms with Crippen molar-refractivity contribution >= 4 is 23.3 Å². The number of anilines is 1. The molecule has 1 aromatic rings. The van der Waals surface area contributed by atoms with Gasteiger partial charge in [-0.25, -0.2) is 0 Å². The van der Waals surface area contributed by atoms with Crippen molar-refractivity contribution in [2.24, 2.45) is 5.41 Å². The Bertz CT molecular complexity index is 707. The second kappa shape index (κ2) is 5.70. The molecule has 0 unspecified atom stereocenters. The van der Waals surface area contributed by atoms with Crippen LogP contribution in [0.25, 0.3) is 0 Å². The Labute approximate surface area is 141 Å². The van der Waals surface area contributed by atoms with Gasteiger partial charge in [-0.05, 0) is 12.1 Å². The summed E-state index contributed by atoms with van der Waals surface area (Å²) in [5.41, 5.74) is 0.276. The van der Waals surface area contributed by atoms with Gasteiger partial charge in [0, 0.05) is 18.4 Å². The number of carbonyl (C=O) groups excluding carboxylic acids is 3. The van der Waals surface area contributed by atoms with Crippen LogP contribution in [0.4, 0.5) is 5.69 Å². The van der Waals surface area contributed by atoms with E-state index in [9.17, 15) is 19.5 Å². The van der Waals surface area contributed by atoms with Crippen LogP contribution >= 0.6 is 0 Å². The predicted octanol–water partition coefficient (Wildman–Crippen LogP) is 1.22. The number of para-hydroxylation sites is 1. The Morgan fingerprint density at radius 3 is 2.58 bits per heavy atom. The lowest BCUT2D eigenvalue weighted by Gasteiger charge is -2.28. The summed E-state index contributed by atoms with van der Waals surface area (Å²) in [5, 5.41) is 9.90. The van der Waals surface area contributed by atoms with Crippen molar-refractivity contribution in [2.75, 3.05) is 18.0 Å². The molecule has 0 aromatic heterocycles. The van der Waals surface area contributed by atoms with Crippen molar-refractivity contribution in [1.82, 2.24) is 4.90 Å². The van der Waals surface area contributed by atoms with Gasteiger partial charge in [-0.1, -0.05) is 32.9 Å². The fourth-order valence-corrected chi connectivity index (χ4v) is 3.16. The van der Waals surface area contributed by atoms with Crippen molar-refractivity contribution in [3.63, 3.8) is 0 Å². The van der Waals surface area contributed by atoms with E-state index in [1.807, 2.05) is 0 Å². The highest BCUT2D eigenvalue weighted by Gasteiger charge is 2.45. The maximum atomic E-state index is 13.0. The first kappa shape index (κ1) is 16.6. The maximum absolute atomic E-state index is 13.0. The van der Waals surface area contributed by atoms with Gasteiger partial charge in [0.2, 0.25) is 5.91 Å². The average Bonchev–Trinajstić information content (AvgIpc) is 2.89. The topological polar surface area (TPSA) is 77.9 Å². The molecule has 24 heavy (non-hydrogen) atoms. The van der Waals surface area contributed by atoms with E-state index in [0.717, 1.165) is 0 Å². The molecule has 1 fully saturated rings. The van der Waals surface area contributed by atoms with Crippen molar-refractivity contribution in [3.8, 4) is 0 Å². The van der Waals surface area contributed by atoms with Crippen molar-refractivity contribution in [1.29, 1.82) is 0 Å². The summed E-state index contributed by atoms with van der Waals surface area (Å²) in [4.78, 5) is 41.1. The molecular formula is C18H22N2O4. The molecule has 1 aromatic carbocycles. The van der Waals surface area contributed by atoms with Crippen molar-refractivity contribution in [3.05, 3.63) is 29.8 Å². The molecule has 2 atom stereocenters. The van der Waals surface area contributed by atoms with Gasteiger partial charge >= 0.3 is 0 Å². The van der Waals surface area contributed by atoms with Crippen LogP contribution in [-0.4, -0.2) is 52.8 Å². The summed E-state index contributed by atoms with van der Waals surface area (Å²) in [7, 11) is 0. The van der Waals surface area contributed by atoms with Gasteiger partial charge < -0.3 is 14.9 Å². The van der Waals surface area contributed by atoms with E-state index in [1.54, 1.807) is 45.0 Å². The minimum Gasteiger partial charge on any atom is -0.391 e. The van der Waals surface area contributed by atoms with Crippen LogP contribution in [0.1, 0.15) is 37.6 Å². The van der Waals surface area contributed by atoms with Gasteiger partial charge in [0.15, 0.2) is 5.78 Å². The maximum Gasteiger partial charge on any atom is 0.256 e. The Kier molecular flexibility index (Phi) is 3.95. The summed E-state index contributed by atoms with van der Waals surface area (Å²) in [6.45, 7) is 5.48. The van der Waals surface area contributed by atoms with Crippen LogP contribution < -0.4 is 4.90 Å². The van der Waals surface area contributed by atoms with E-state index in [2.05, 4.69) is 0 Å². The van der Waals surface area contributed by atoms with Crippen LogP contribution in [0.15, 0.2) is 24.3 Å². The van der Waals surface area contributed by atoms with Crippen LogP contribution in [-0.2, 0) is 9.59 Å². The molecule has 2 aliphatic rings. The first-order valence-corrected chi connectivity index (χ1v) is 8.13. The minimum absolute atomic E-state index is 0.0763. The Morgan fingerprint density at radius 1 is 1.25 bits per heavy atom. The highest BCUT2D eigenvalue weighted by molar-refractivity contribution is 6.13. The van der Waals surface area contributed by atoms with E-state index in [-0.39, 0.29) is 37.1 Å². The first-order chi connectivity index (χ1) is 11.2. The Morgan fingerprint density at radius 2 is 1.92 bits per heavy atom. The third-order valence-electron chi connectivity index (χ3n) is 4.65. The summed E-state index contributed by atoms with van der Waals surface area (Å²) in [5.74, 6) is -0.654. The molecule has 1 saturated heterocycles. The number of benzene rings is 1. The summed E-state index contributed by atoms with van der Waals surface area (Å²) in [6.07, 6.45) is -0.507. The average molecular weight is 330 g/mol. The van der Waals surface area contributed by atoms with E-state index < -0.39 is 17.6 Å². The molecule has 1 N–H and O–H groups in total. The number of ketones is 1. The fraction of sp³-hybridized carbons (Fsp3) is 0.500. The number of rotatable bonds is 2. The predicted molar refractivity (Wildman–Crippen MR) is 88.7 cm³/mol. The largest absolute Gasteiger partial charge is 0.391 e. The van der Waals surface area contributed by atoms with E-state index in [0.29, 0.717) is 11.3 Å². The molecule has 0 spiro atoms. The smallest absolute Gasteiger partial charge is 0.256 e. The molecule has 2 aliphatic heterocycles.